The second-order valence-corrected chi connectivity index (χ2v) is 4.92. The molecule has 94 valence electrons. The molecule has 2 atom stereocenters. The van der Waals surface area contributed by atoms with Crippen LogP contribution in [0.25, 0.3) is 0 Å². The SMILES string of the molecule is Cc1cc(C)cc(OCC(N)C2CCOC2)c1. The van der Waals surface area contributed by atoms with E-state index in [2.05, 4.69) is 19.9 Å². The molecule has 0 radical (unpaired) electrons. The van der Waals surface area contributed by atoms with Crippen LogP contribution < -0.4 is 10.5 Å². The van der Waals surface area contributed by atoms with Crippen LogP contribution in [0.3, 0.4) is 0 Å². The third kappa shape index (κ3) is 3.45. The van der Waals surface area contributed by atoms with Crippen LogP contribution in [0, 0.1) is 19.8 Å². The lowest BCUT2D eigenvalue weighted by Gasteiger charge is -2.18. The summed E-state index contributed by atoms with van der Waals surface area (Å²) in [6.07, 6.45) is 1.05. The van der Waals surface area contributed by atoms with Crippen LogP contribution in [0.5, 0.6) is 5.75 Å². The second kappa shape index (κ2) is 5.52. The van der Waals surface area contributed by atoms with Crippen LogP contribution in [0.2, 0.25) is 0 Å². The molecule has 0 aliphatic carbocycles. The fourth-order valence-corrected chi connectivity index (χ4v) is 2.24. The van der Waals surface area contributed by atoms with Gasteiger partial charge in [0.15, 0.2) is 0 Å². The first kappa shape index (κ1) is 12.4. The van der Waals surface area contributed by atoms with Gasteiger partial charge in [-0.1, -0.05) is 6.07 Å². The van der Waals surface area contributed by atoms with E-state index in [9.17, 15) is 0 Å². The molecule has 2 rings (SSSR count). The molecule has 1 aromatic carbocycles. The van der Waals surface area contributed by atoms with E-state index in [-0.39, 0.29) is 6.04 Å². The summed E-state index contributed by atoms with van der Waals surface area (Å²) < 4.78 is 11.1. The van der Waals surface area contributed by atoms with Gasteiger partial charge in [-0.3, -0.25) is 0 Å². The number of hydrogen-bond donors (Lipinski definition) is 1. The Labute approximate surface area is 103 Å². The summed E-state index contributed by atoms with van der Waals surface area (Å²) in [4.78, 5) is 0. The summed E-state index contributed by atoms with van der Waals surface area (Å²) in [5.41, 5.74) is 8.54. The Morgan fingerprint density at radius 2 is 2.06 bits per heavy atom. The maximum absolute atomic E-state index is 6.10. The maximum Gasteiger partial charge on any atom is 0.119 e. The highest BCUT2D eigenvalue weighted by Crippen LogP contribution is 2.19. The molecule has 1 aromatic rings. The molecule has 3 nitrogen and oxygen atoms in total. The van der Waals surface area contributed by atoms with Crippen molar-refractivity contribution in [2.24, 2.45) is 11.7 Å². The number of benzene rings is 1. The normalized spacial score (nSPS) is 21.5. The zero-order valence-corrected chi connectivity index (χ0v) is 10.6. The number of ether oxygens (including phenoxy) is 2. The summed E-state index contributed by atoms with van der Waals surface area (Å²) >= 11 is 0. The van der Waals surface area contributed by atoms with E-state index in [0.29, 0.717) is 12.5 Å². The largest absolute Gasteiger partial charge is 0.492 e. The van der Waals surface area contributed by atoms with Gasteiger partial charge in [0.2, 0.25) is 0 Å². The summed E-state index contributed by atoms with van der Waals surface area (Å²) in [5.74, 6) is 1.36. The van der Waals surface area contributed by atoms with Gasteiger partial charge < -0.3 is 15.2 Å². The van der Waals surface area contributed by atoms with Crippen LogP contribution in [0.4, 0.5) is 0 Å². The first-order valence-electron chi connectivity index (χ1n) is 6.19. The predicted molar refractivity (Wildman–Crippen MR) is 68.3 cm³/mol. The molecule has 1 aliphatic heterocycles. The van der Waals surface area contributed by atoms with Crippen molar-refractivity contribution in [2.45, 2.75) is 26.3 Å². The predicted octanol–water partition coefficient (Wildman–Crippen LogP) is 2.05. The van der Waals surface area contributed by atoms with E-state index in [1.807, 2.05) is 12.1 Å². The molecule has 1 heterocycles. The molecule has 0 bridgehead atoms. The Morgan fingerprint density at radius 3 is 2.65 bits per heavy atom. The summed E-state index contributed by atoms with van der Waals surface area (Å²) in [5, 5.41) is 0. The highest BCUT2D eigenvalue weighted by Gasteiger charge is 2.23. The Hall–Kier alpha value is -1.06. The molecule has 1 fully saturated rings. The lowest BCUT2D eigenvalue weighted by molar-refractivity contribution is 0.170. The van der Waals surface area contributed by atoms with Crippen molar-refractivity contribution in [3.63, 3.8) is 0 Å². The Kier molecular flexibility index (Phi) is 4.02. The van der Waals surface area contributed by atoms with Gasteiger partial charge in [0, 0.05) is 18.6 Å². The van der Waals surface area contributed by atoms with Crippen molar-refractivity contribution in [3.05, 3.63) is 29.3 Å². The molecule has 2 unspecified atom stereocenters. The van der Waals surface area contributed by atoms with E-state index in [4.69, 9.17) is 15.2 Å². The van der Waals surface area contributed by atoms with Crippen molar-refractivity contribution in [1.82, 2.24) is 0 Å². The zero-order chi connectivity index (χ0) is 12.3. The Balaban J connectivity index is 1.88. The highest BCUT2D eigenvalue weighted by atomic mass is 16.5. The minimum absolute atomic E-state index is 0.0679. The lowest BCUT2D eigenvalue weighted by atomic mass is 10.0. The molecule has 0 aromatic heterocycles. The Morgan fingerprint density at radius 1 is 1.35 bits per heavy atom. The number of rotatable bonds is 4. The van der Waals surface area contributed by atoms with Crippen LogP contribution in [0.1, 0.15) is 17.5 Å². The van der Waals surface area contributed by atoms with E-state index in [1.165, 1.54) is 11.1 Å². The number of nitrogens with two attached hydrogens (primary N) is 1. The maximum atomic E-state index is 6.10. The van der Waals surface area contributed by atoms with Crippen molar-refractivity contribution >= 4 is 0 Å². The number of hydrogen-bond acceptors (Lipinski definition) is 3. The van der Waals surface area contributed by atoms with Gasteiger partial charge in [0.25, 0.3) is 0 Å². The molecule has 3 heteroatoms. The molecule has 1 aliphatic rings. The van der Waals surface area contributed by atoms with Gasteiger partial charge in [-0.2, -0.15) is 0 Å². The van der Waals surface area contributed by atoms with Gasteiger partial charge >= 0.3 is 0 Å². The van der Waals surface area contributed by atoms with Crippen molar-refractivity contribution in [3.8, 4) is 5.75 Å². The lowest BCUT2D eigenvalue weighted by Crippen LogP contribution is -2.36. The average molecular weight is 235 g/mol. The quantitative estimate of drug-likeness (QED) is 0.868. The van der Waals surface area contributed by atoms with Gasteiger partial charge in [-0.15, -0.1) is 0 Å². The average Bonchev–Trinajstić information content (AvgIpc) is 2.78. The summed E-state index contributed by atoms with van der Waals surface area (Å²) in [7, 11) is 0. The molecule has 2 N–H and O–H groups in total. The van der Waals surface area contributed by atoms with Crippen LogP contribution >= 0.6 is 0 Å². The van der Waals surface area contributed by atoms with Crippen molar-refractivity contribution < 1.29 is 9.47 Å². The minimum Gasteiger partial charge on any atom is -0.492 e. The first-order valence-corrected chi connectivity index (χ1v) is 6.19. The van der Waals surface area contributed by atoms with E-state index in [1.54, 1.807) is 0 Å². The zero-order valence-electron chi connectivity index (χ0n) is 10.6. The molecule has 17 heavy (non-hydrogen) atoms. The van der Waals surface area contributed by atoms with Crippen molar-refractivity contribution in [1.29, 1.82) is 0 Å². The topological polar surface area (TPSA) is 44.5 Å². The fraction of sp³-hybridized carbons (Fsp3) is 0.571. The Bertz CT molecular complexity index is 352. The molecule has 0 amide bonds. The first-order chi connectivity index (χ1) is 8.15. The highest BCUT2D eigenvalue weighted by molar-refractivity contribution is 5.33. The van der Waals surface area contributed by atoms with Crippen LogP contribution in [-0.2, 0) is 4.74 Å². The molecular formula is C14H21NO2. The van der Waals surface area contributed by atoms with E-state index < -0.39 is 0 Å². The third-order valence-electron chi connectivity index (χ3n) is 3.21. The molecule has 0 saturated carbocycles. The van der Waals surface area contributed by atoms with Crippen LogP contribution in [0.15, 0.2) is 18.2 Å². The van der Waals surface area contributed by atoms with Gasteiger partial charge in [0.1, 0.15) is 12.4 Å². The third-order valence-corrected chi connectivity index (χ3v) is 3.21. The van der Waals surface area contributed by atoms with Crippen LogP contribution in [-0.4, -0.2) is 25.9 Å². The number of aryl methyl sites for hydroxylation is 2. The van der Waals surface area contributed by atoms with Gasteiger partial charge in [0.05, 0.1) is 6.61 Å². The van der Waals surface area contributed by atoms with Gasteiger partial charge in [-0.25, -0.2) is 0 Å². The summed E-state index contributed by atoms with van der Waals surface area (Å²) in [6, 6.07) is 6.30. The minimum atomic E-state index is 0.0679. The van der Waals surface area contributed by atoms with Gasteiger partial charge in [-0.05, 0) is 43.5 Å². The molecule has 0 spiro atoms. The smallest absolute Gasteiger partial charge is 0.119 e. The standard InChI is InChI=1S/C14H21NO2/c1-10-5-11(2)7-13(6-10)17-9-14(15)12-3-4-16-8-12/h5-7,12,14H,3-4,8-9,15H2,1-2H3. The van der Waals surface area contributed by atoms with E-state index >= 15 is 0 Å². The van der Waals surface area contributed by atoms with E-state index in [0.717, 1.165) is 25.4 Å². The second-order valence-electron chi connectivity index (χ2n) is 4.92. The molecular weight excluding hydrogens is 214 g/mol. The fourth-order valence-electron chi connectivity index (χ4n) is 2.24. The molecule has 1 saturated heterocycles. The van der Waals surface area contributed by atoms with Crippen molar-refractivity contribution in [2.75, 3.05) is 19.8 Å². The summed E-state index contributed by atoms with van der Waals surface area (Å²) in [6.45, 7) is 6.32. The monoisotopic (exact) mass is 235 g/mol.